The van der Waals surface area contributed by atoms with E-state index in [9.17, 15) is 5.11 Å². The van der Waals surface area contributed by atoms with Crippen LogP contribution in [-0.4, -0.2) is 19.3 Å². The summed E-state index contributed by atoms with van der Waals surface area (Å²) >= 11 is 0. The Morgan fingerprint density at radius 2 is 1.86 bits per heavy atom. The summed E-state index contributed by atoms with van der Waals surface area (Å²) in [6.45, 7) is 13.1. The van der Waals surface area contributed by atoms with Gasteiger partial charge in [-0.1, -0.05) is 58.0 Å². The van der Waals surface area contributed by atoms with Crippen LogP contribution in [-0.2, 0) is 0 Å². The van der Waals surface area contributed by atoms with E-state index in [1.54, 1.807) is 0 Å². The Morgan fingerprint density at radius 3 is 2.29 bits per heavy atom. The summed E-state index contributed by atoms with van der Waals surface area (Å²) in [6.07, 6.45) is 4.21. The number of hydrogen-bond donors (Lipinski definition) is 1. The lowest BCUT2D eigenvalue weighted by Crippen LogP contribution is -2.23. The van der Waals surface area contributed by atoms with Crippen LogP contribution >= 0.6 is 0 Å². The van der Waals surface area contributed by atoms with E-state index in [0.29, 0.717) is 0 Å². The van der Waals surface area contributed by atoms with E-state index in [-0.39, 0.29) is 6.10 Å². The largest absolute Gasteiger partial charge is 0.389 e. The van der Waals surface area contributed by atoms with Crippen LogP contribution in [0.1, 0.15) is 32.6 Å². The molecule has 0 aliphatic heterocycles. The topological polar surface area (TPSA) is 20.2 Å². The number of unbranched alkanes of at least 4 members (excludes halogenated alkanes) is 2. The minimum Gasteiger partial charge on any atom is -0.389 e. The first-order valence-electron chi connectivity index (χ1n) is 5.72. The van der Waals surface area contributed by atoms with Crippen molar-refractivity contribution in [1.82, 2.24) is 0 Å². The van der Waals surface area contributed by atoms with Crippen molar-refractivity contribution in [3.8, 4) is 0 Å². The van der Waals surface area contributed by atoms with Crippen LogP contribution in [0.5, 0.6) is 0 Å². The molecular formula is C12H26OSi. The van der Waals surface area contributed by atoms with Gasteiger partial charge in [-0.15, -0.1) is 0 Å². The fourth-order valence-electron chi connectivity index (χ4n) is 1.59. The predicted octanol–water partition coefficient (Wildman–Crippen LogP) is 3.82. The van der Waals surface area contributed by atoms with Crippen molar-refractivity contribution in [2.45, 2.75) is 64.4 Å². The van der Waals surface area contributed by atoms with Crippen LogP contribution in [0, 0.1) is 0 Å². The van der Waals surface area contributed by atoms with Crippen molar-refractivity contribution in [2.24, 2.45) is 0 Å². The van der Waals surface area contributed by atoms with Gasteiger partial charge in [0, 0.05) is 8.07 Å². The minimum absolute atomic E-state index is 0.256. The van der Waals surface area contributed by atoms with Crippen LogP contribution in [0.25, 0.3) is 0 Å². The van der Waals surface area contributed by atoms with Crippen molar-refractivity contribution in [3.63, 3.8) is 0 Å². The molecule has 0 saturated carbocycles. The van der Waals surface area contributed by atoms with Crippen molar-refractivity contribution < 1.29 is 5.11 Å². The zero-order valence-corrected chi connectivity index (χ0v) is 11.3. The molecule has 0 bridgehead atoms. The fraction of sp³-hybridized carbons (Fsp3) is 0.833. The summed E-state index contributed by atoms with van der Waals surface area (Å²) in [5.41, 5.74) is 1.06. The van der Waals surface area contributed by atoms with Crippen molar-refractivity contribution in [3.05, 3.63) is 12.2 Å². The normalized spacial score (nSPS) is 14.1. The van der Waals surface area contributed by atoms with Crippen molar-refractivity contribution >= 4 is 8.07 Å². The summed E-state index contributed by atoms with van der Waals surface area (Å²) in [4.78, 5) is 0. The number of aliphatic hydroxyl groups is 1. The molecule has 84 valence electrons. The van der Waals surface area contributed by atoms with Gasteiger partial charge in [0.25, 0.3) is 0 Å². The maximum Gasteiger partial charge on any atom is 0.0744 e. The monoisotopic (exact) mass is 214 g/mol. The molecule has 0 heterocycles. The highest BCUT2D eigenvalue weighted by molar-refractivity contribution is 6.76. The highest BCUT2D eigenvalue weighted by Gasteiger charge is 2.18. The van der Waals surface area contributed by atoms with Crippen molar-refractivity contribution in [2.75, 3.05) is 0 Å². The van der Waals surface area contributed by atoms with Gasteiger partial charge in [0.1, 0.15) is 0 Å². The fourth-order valence-corrected chi connectivity index (χ4v) is 3.19. The Bertz CT molecular complexity index is 170. The van der Waals surface area contributed by atoms with Gasteiger partial charge >= 0.3 is 0 Å². The zero-order chi connectivity index (χ0) is 11.2. The van der Waals surface area contributed by atoms with Gasteiger partial charge in [0.05, 0.1) is 6.10 Å². The molecular weight excluding hydrogens is 188 g/mol. The SMILES string of the molecule is C=C(C[Si](C)(C)C)C(O)CCCCC. The Hall–Kier alpha value is -0.0831. The lowest BCUT2D eigenvalue weighted by atomic mass is 10.1. The van der Waals surface area contributed by atoms with E-state index < -0.39 is 8.07 Å². The molecule has 0 radical (unpaired) electrons. The number of rotatable bonds is 7. The summed E-state index contributed by atoms with van der Waals surface area (Å²) in [5, 5.41) is 9.83. The second-order valence-corrected chi connectivity index (χ2v) is 10.9. The Balaban J connectivity index is 3.77. The molecule has 0 aromatic heterocycles. The van der Waals surface area contributed by atoms with E-state index in [1.807, 2.05) is 0 Å². The van der Waals surface area contributed by atoms with E-state index >= 15 is 0 Å². The molecule has 14 heavy (non-hydrogen) atoms. The molecule has 0 aliphatic carbocycles. The second-order valence-electron chi connectivity index (χ2n) is 5.41. The van der Waals surface area contributed by atoms with Crippen LogP contribution in [0.3, 0.4) is 0 Å². The first-order valence-corrected chi connectivity index (χ1v) is 9.43. The molecule has 1 atom stereocenters. The van der Waals surface area contributed by atoms with Gasteiger partial charge < -0.3 is 5.11 Å². The standard InChI is InChI=1S/C12H26OSi/c1-6-7-8-9-12(13)11(2)10-14(3,4)5/h12-13H,2,6-10H2,1,3-5H3. The van der Waals surface area contributed by atoms with Gasteiger partial charge in [-0.25, -0.2) is 0 Å². The van der Waals surface area contributed by atoms with Crippen molar-refractivity contribution in [1.29, 1.82) is 0 Å². The quantitative estimate of drug-likeness (QED) is 0.388. The molecule has 1 N–H and O–H groups in total. The van der Waals surface area contributed by atoms with Crippen LogP contribution in [0.15, 0.2) is 12.2 Å². The number of hydrogen-bond acceptors (Lipinski definition) is 1. The summed E-state index contributed by atoms with van der Waals surface area (Å²) < 4.78 is 0. The molecule has 1 unspecified atom stereocenters. The molecule has 0 aliphatic rings. The van der Waals surface area contributed by atoms with Crippen LogP contribution in [0.4, 0.5) is 0 Å². The van der Waals surface area contributed by atoms with Gasteiger partial charge in [-0.3, -0.25) is 0 Å². The molecule has 0 spiro atoms. The zero-order valence-electron chi connectivity index (χ0n) is 10.3. The molecule has 0 aromatic carbocycles. The highest BCUT2D eigenvalue weighted by atomic mass is 28.3. The van der Waals surface area contributed by atoms with E-state index in [4.69, 9.17) is 0 Å². The number of aliphatic hydroxyl groups excluding tert-OH is 1. The molecule has 0 amide bonds. The van der Waals surface area contributed by atoms with E-state index in [1.165, 1.54) is 12.8 Å². The summed E-state index contributed by atoms with van der Waals surface area (Å²) in [6, 6.07) is 1.06. The Labute approximate surface area is 90.2 Å². The highest BCUT2D eigenvalue weighted by Crippen LogP contribution is 2.20. The molecule has 1 nitrogen and oxygen atoms in total. The minimum atomic E-state index is -1.09. The lowest BCUT2D eigenvalue weighted by Gasteiger charge is -2.21. The summed E-state index contributed by atoms with van der Waals surface area (Å²) in [5.74, 6) is 0. The Kier molecular flexibility index (Phi) is 6.37. The smallest absolute Gasteiger partial charge is 0.0744 e. The van der Waals surface area contributed by atoms with Gasteiger partial charge in [0.2, 0.25) is 0 Å². The van der Waals surface area contributed by atoms with Crippen LogP contribution < -0.4 is 0 Å². The average molecular weight is 214 g/mol. The lowest BCUT2D eigenvalue weighted by molar-refractivity contribution is 0.196. The molecule has 0 aromatic rings. The molecule has 0 saturated heterocycles. The van der Waals surface area contributed by atoms with E-state index in [2.05, 4.69) is 33.1 Å². The third kappa shape index (κ3) is 7.33. The Morgan fingerprint density at radius 1 is 1.29 bits per heavy atom. The van der Waals surface area contributed by atoms with Gasteiger partial charge in [0.15, 0.2) is 0 Å². The van der Waals surface area contributed by atoms with E-state index in [0.717, 1.165) is 24.5 Å². The second kappa shape index (κ2) is 6.41. The third-order valence-corrected chi connectivity index (χ3v) is 3.82. The molecule has 0 fully saturated rings. The average Bonchev–Trinajstić information content (AvgIpc) is 2.01. The van der Waals surface area contributed by atoms with Gasteiger partial charge in [-0.05, 0) is 12.5 Å². The first-order chi connectivity index (χ1) is 6.37. The van der Waals surface area contributed by atoms with Crippen LogP contribution in [0.2, 0.25) is 25.7 Å². The molecule has 2 heteroatoms. The maximum absolute atomic E-state index is 9.83. The molecule has 0 rings (SSSR count). The maximum atomic E-state index is 9.83. The third-order valence-electron chi connectivity index (χ3n) is 2.31. The first kappa shape index (κ1) is 13.9. The van der Waals surface area contributed by atoms with Gasteiger partial charge in [-0.2, -0.15) is 0 Å². The predicted molar refractivity (Wildman–Crippen MR) is 67.4 cm³/mol. The summed E-state index contributed by atoms with van der Waals surface area (Å²) in [7, 11) is -1.09.